The Morgan fingerprint density at radius 3 is 2.39 bits per heavy atom. The van der Waals surface area contributed by atoms with Crippen molar-refractivity contribution in [1.29, 1.82) is 0 Å². The number of carboxylic acids is 1. The molecule has 2 N–H and O–H groups in total. The number of aromatic amines is 1. The first-order chi connectivity index (χ1) is 16.2. The van der Waals surface area contributed by atoms with Crippen molar-refractivity contribution in [3.63, 3.8) is 0 Å². The van der Waals surface area contributed by atoms with E-state index in [2.05, 4.69) is 20.9 Å². The van der Waals surface area contributed by atoms with E-state index in [1.807, 2.05) is 72.8 Å². The number of benzene rings is 3. The van der Waals surface area contributed by atoms with Crippen LogP contribution in [0.4, 0.5) is 5.69 Å². The number of fused-ring (bicyclic) bond motifs is 1. The first-order valence-electron chi connectivity index (χ1n) is 11.2. The van der Waals surface area contributed by atoms with Gasteiger partial charge >= 0.3 is 5.97 Å². The summed E-state index contributed by atoms with van der Waals surface area (Å²) in [6.07, 6.45) is 0. The monoisotopic (exact) mass is 441 g/mol. The molecule has 6 heteroatoms. The highest BCUT2D eigenvalue weighted by Crippen LogP contribution is 2.38. The number of nitrogens with zero attached hydrogens (tertiary/aromatic N) is 2. The van der Waals surface area contributed by atoms with Gasteiger partial charge in [-0.3, -0.25) is 9.69 Å². The van der Waals surface area contributed by atoms with Gasteiger partial charge < -0.3 is 19.7 Å². The number of piperazine rings is 1. The number of anilines is 1. The summed E-state index contributed by atoms with van der Waals surface area (Å²) in [6.45, 7) is 2.81. The molecule has 5 rings (SSSR count). The normalized spacial score (nSPS) is 15.5. The fourth-order valence-corrected chi connectivity index (χ4v) is 4.79. The quantitative estimate of drug-likeness (QED) is 0.450. The average molecular weight is 442 g/mol. The lowest BCUT2D eigenvalue weighted by Gasteiger charge is -2.39. The summed E-state index contributed by atoms with van der Waals surface area (Å²) in [5, 5.41) is 11.4. The molecular weight excluding hydrogens is 414 g/mol. The van der Waals surface area contributed by atoms with Crippen LogP contribution in [0.5, 0.6) is 5.75 Å². The molecule has 2 heterocycles. The number of aromatic nitrogens is 1. The average Bonchev–Trinajstić information content (AvgIpc) is 3.24. The Labute approximate surface area is 193 Å². The lowest BCUT2D eigenvalue weighted by Crippen LogP contribution is -2.49. The van der Waals surface area contributed by atoms with E-state index in [1.54, 1.807) is 7.11 Å². The molecule has 1 fully saturated rings. The maximum Gasteiger partial charge on any atom is 0.325 e. The zero-order chi connectivity index (χ0) is 22.8. The fraction of sp³-hybridized carbons (Fsp3) is 0.222. The van der Waals surface area contributed by atoms with Crippen molar-refractivity contribution in [2.24, 2.45) is 0 Å². The van der Waals surface area contributed by atoms with Crippen LogP contribution in [-0.2, 0) is 4.79 Å². The van der Waals surface area contributed by atoms with E-state index in [0.717, 1.165) is 52.3 Å². The Morgan fingerprint density at radius 2 is 1.67 bits per heavy atom. The van der Waals surface area contributed by atoms with E-state index in [0.29, 0.717) is 13.1 Å². The van der Waals surface area contributed by atoms with Gasteiger partial charge in [-0.05, 0) is 23.8 Å². The zero-order valence-electron chi connectivity index (χ0n) is 18.6. The van der Waals surface area contributed by atoms with Crippen molar-refractivity contribution in [3.05, 3.63) is 84.4 Å². The van der Waals surface area contributed by atoms with Gasteiger partial charge in [0.15, 0.2) is 0 Å². The van der Waals surface area contributed by atoms with Crippen LogP contribution in [0.3, 0.4) is 0 Å². The summed E-state index contributed by atoms with van der Waals surface area (Å²) < 4.78 is 5.36. The summed E-state index contributed by atoms with van der Waals surface area (Å²) in [6, 6.07) is 25.2. The number of methoxy groups -OCH3 is 1. The number of carboxylic acid groups (broad SMARTS) is 1. The molecule has 33 heavy (non-hydrogen) atoms. The SMILES string of the molecule is COc1cccc(N2CCN([C@@H](C(=O)O)c3c(-c4ccccc4)[nH]c4ccccc34)CC2)c1. The van der Waals surface area contributed by atoms with Crippen LogP contribution in [0.25, 0.3) is 22.2 Å². The minimum absolute atomic E-state index is 0.655. The molecule has 6 nitrogen and oxygen atoms in total. The van der Waals surface area contributed by atoms with Crippen LogP contribution >= 0.6 is 0 Å². The van der Waals surface area contributed by atoms with Gasteiger partial charge in [-0.1, -0.05) is 54.6 Å². The minimum Gasteiger partial charge on any atom is -0.497 e. The van der Waals surface area contributed by atoms with E-state index in [9.17, 15) is 9.90 Å². The topological polar surface area (TPSA) is 68.8 Å². The van der Waals surface area contributed by atoms with Gasteiger partial charge in [0.25, 0.3) is 0 Å². The largest absolute Gasteiger partial charge is 0.497 e. The van der Waals surface area contributed by atoms with E-state index < -0.39 is 12.0 Å². The molecular formula is C27H27N3O3. The number of aliphatic carboxylic acids is 1. The molecule has 0 aliphatic carbocycles. The summed E-state index contributed by atoms with van der Waals surface area (Å²) in [5.74, 6) is -0.00333. The van der Waals surface area contributed by atoms with Gasteiger partial charge in [-0.2, -0.15) is 0 Å². The van der Waals surface area contributed by atoms with Gasteiger partial charge in [0.2, 0.25) is 0 Å². The number of hydrogen-bond donors (Lipinski definition) is 2. The number of rotatable bonds is 6. The van der Waals surface area contributed by atoms with Crippen LogP contribution in [0.15, 0.2) is 78.9 Å². The summed E-state index contributed by atoms with van der Waals surface area (Å²) in [4.78, 5) is 20.5. The van der Waals surface area contributed by atoms with E-state index in [1.165, 1.54) is 0 Å². The lowest BCUT2D eigenvalue weighted by molar-refractivity contribution is -0.143. The molecule has 0 unspecified atom stereocenters. The number of H-pyrrole nitrogens is 1. The minimum atomic E-state index is -0.827. The van der Waals surface area contributed by atoms with E-state index in [4.69, 9.17) is 4.74 Å². The Hall–Kier alpha value is -3.77. The van der Waals surface area contributed by atoms with Crippen LogP contribution in [0.1, 0.15) is 11.6 Å². The molecule has 0 radical (unpaired) electrons. The molecule has 0 bridgehead atoms. The molecule has 3 aromatic carbocycles. The van der Waals surface area contributed by atoms with Crippen molar-refractivity contribution < 1.29 is 14.6 Å². The van der Waals surface area contributed by atoms with Crippen molar-refractivity contribution in [2.45, 2.75) is 6.04 Å². The standard InChI is InChI=1S/C27H27N3O3/c1-33-21-11-7-10-20(18-21)29-14-16-30(17-15-29)26(27(31)32)24-22-12-5-6-13-23(22)28-25(24)19-8-3-2-4-9-19/h2-13,18,26,28H,14-17H2,1H3,(H,31,32)/t26-/m1/s1. The highest BCUT2D eigenvalue weighted by Gasteiger charge is 2.34. The van der Waals surface area contributed by atoms with Crippen molar-refractivity contribution in [1.82, 2.24) is 9.88 Å². The maximum absolute atomic E-state index is 12.7. The Kier molecular flexibility index (Phi) is 5.75. The molecule has 168 valence electrons. The van der Waals surface area contributed by atoms with E-state index >= 15 is 0 Å². The molecule has 4 aromatic rings. The first-order valence-corrected chi connectivity index (χ1v) is 11.2. The molecule has 0 saturated carbocycles. The molecule has 0 spiro atoms. The summed E-state index contributed by atoms with van der Waals surface area (Å²) in [7, 11) is 1.67. The number of para-hydroxylation sites is 1. The van der Waals surface area contributed by atoms with Gasteiger partial charge in [0.05, 0.1) is 12.8 Å². The van der Waals surface area contributed by atoms with Crippen LogP contribution in [0.2, 0.25) is 0 Å². The highest BCUT2D eigenvalue weighted by atomic mass is 16.5. The lowest BCUT2D eigenvalue weighted by atomic mass is 9.97. The van der Waals surface area contributed by atoms with Crippen LogP contribution in [-0.4, -0.2) is 54.2 Å². The third kappa shape index (κ3) is 4.05. The molecule has 0 amide bonds. The van der Waals surface area contributed by atoms with E-state index in [-0.39, 0.29) is 0 Å². The molecule has 1 aliphatic heterocycles. The molecule has 1 atom stereocenters. The Bertz CT molecular complexity index is 1260. The van der Waals surface area contributed by atoms with Crippen molar-refractivity contribution in [2.75, 3.05) is 38.2 Å². The summed E-state index contributed by atoms with van der Waals surface area (Å²) in [5.41, 5.74) is 4.74. The predicted molar refractivity (Wildman–Crippen MR) is 131 cm³/mol. The highest BCUT2D eigenvalue weighted by molar-refractivity contribution is 5.95. The van der Waals surface area contributed by atoms with Crippen LogP contribution in [0, 0.1) is 0 Å². The second-order valence-electron chi connectivity index (χ2n) is 8.29. The van der Waals surface area contributed by atoms with Crippen LogP contribution < -0.4 is 9.64 Å². The second kappa shape index (κ2) is 9.00. The third-order valence-electron chi connectivity index (χ3n) is 6.41. The first kappa shape index (κ1) is 21.1. The van der Waals surface area contributed by atoms with Gasteiger partial charge in [-0.15, -0.1) is 0 Å². The Balaban J connectivity index is 1.49. The molecule has 1 aliphatic rings. The zero-order valence-corrected chi connectivity index (χ0v) is 18.6. The number of nitrogens with one attached hydrogen (secondary N) is 1. The van der Waals surface area contributed by atoms with Gasteiger partial charge in [0.1, 0.15) is 11.8 Å². The Morgan fingerprint density at radius 1 is 0.939 bits per heavy atom. The third-order valence-corrected chi connectivity index (χ3v) is 6.41. The van der Waals surface area contributed by atoms with Gasteiger partial charge in [0, 0.05) is 54.4 Å². The van der Waals surface area contributed by atoms with Crippen molar-refractivity contribution >= 4 is 22.6 Å². The number of hydrogen-bond acceptors (Lipinski definition) is 4. The van der Waals surface area contributed by atoms with Crippen molar-refractivity contribution in [3.8, 4) is 17.0 Å². The molecule has 1 saturated heterocycles. The number of ether oxygens (including phenoxy) is 1. The fourth-order valence-electron chi connectivity index (χ4n) is 4.79. The predicted octanol–water partition coefficient (Wildman–Crippen LogP) is 4.79. The van der Waals surface area contributed by atoms with Gasteiger partial charge in [-0.25, -0.2) is 0 Å². The summed E-state index contributed by atoms with van der Waals surface area (Å²) >= 11 is 0. The molecule has 1 aromatic heterocycles. The maximum atomic E-state index is 12.7. The number of carbonyl (C=O) groups is 1. The second-order valence-corrected chi connectivity index (χ2v) is 8.29. The smallest absolute Gasteiger partial charge is 0.325 e.